The van der Waals surface area contributed by atoms with Crippen LogP contribution in [0.3, 0.4) is 0 Å². The van der Waals surface area contributed by atoms with Crippen LogP contribution in [0.15, 0.2) is 36.8 Å². The Bertz CT molecular complexity index is 875. The number of carbonyl (C=O) groups is 2. The topological polar surface area (TPSA) is 114 Å². The van der Waals surface area contributed by atoms with E-state index in [9.17, 15) is 9.59 Å². The summed E-state index contributed by atoms with van der Waals surface area (Å²) < 4.78 is 5.71. The molecule has 1 unspecified atom stereocenters. The molecule has 0 bridgehead atoms. The molecule has 1 saturated heterocycles. The van der Waals surface area contributed by atoms with E-state index in [2.05, 4.69) is 15.3 Å². The number of ether oxygens (including phenoxy) is 1. The predicted molar refractivity (Wildman–Crippen MR) is 108 cm³/mol. The Hall–Kier alpha value is -3.20. The third kappa shape index (κ3) is 5.00. The molecule has 0 radical (unpaired) electrons. The molecule has 1 aliphatic heterocycles. The van der Waals surface area contributed by atoms with Crippen molar-refractivity contribution in [2.75, 3.05) is 45.6 Å². The van der Waals surface area contributed by atoms with Crippen LogP contribution in [0.25, 0.3) is 0 Å². The number of nitrogens with two attached hydrogens (primary N) is 1. The van der Waals surface area contributed by atoms with E-state index in [-0.39, 0.29) is 29.7 Å². The number of likely N-dealkylation sites (N-methyl/N-ethyl adjacent to an activating group) is 1. The smallest absolute Gasteiger partial charge is 0.259 e. The number of aryl methyl sites for hydroxylation is 1. The van der Waals surface area contributed by atoms with Gasteiger partial charge < -0.3 is 20.7 Å². The third-order valence-corrected chi connectivity index (χ3v) is 4.96. The minimum absolute atomic E-state index is 0.137. The van der Waals surface area contributed by atoms with E-state index in [1.807, 2.05) is 43.1 Å². The number of hydrogen-bond donors (Lipinski definition) is 2. The lowest BCUT2D eigenvalue weighted by Gasteiger charge is -2.38. The molecule has 1 atom stereocenters. The minimum Gasteiger partial charge on any atom is -0.491 e. The summed E-state index contributed by atoms with van der Waals surface area (Å²) >= 11 is 0. The van der Waals surface area contributed by atoms with E-state index in [0.29, 0.717) is 26.2 Å². The molecule has 1 aliphatic rings. The Labute approximate surface area is 169 Å². The molecule has 0 spiro atoms. The number of piperazine rings is 1. The van der Waals surface area contributed by atoms with Crippen molar-refractivity contribution in [2.45, 2.75) is 13.0 Å². The Balaban J connectivity index is 1.53. The van der Waals surface area contributed by atoms with Gasteiger partial charge in [-0.1, -0.05) is 18.2 Å². The fourth-order valence-corrected chi connectivity index (χ4v) is 3.19. The van der Waals surface area contributed by atoms with Gasteiger partial charge in [-0.3, -0.25) is 14.5 Å². The molecule has 2 amide bonds. The summed E-state index contributed by atoms with van der Waals surface area (Å²) in [5.74, 6) is 0.529. The van der Waals surface area contributed by atoms with Crippen LogP contribution in [0.2, 0.25) is 0 Å². The van der Waals surface area contributed by atoms with Gasteiger partial charge in [-0.25, -0.2) is 9.97 Å². The number of nitrogens with one attached hydrogen (secondary N) is 1. The highest BCUT2D eigenvalue weighted by Gasteiger charge is 2.33. The maximum absolute atomic E-state index is 12.7. The van der Waals surface area contributed by atoms with Gasteiger partial charge in [0, 0.05) is 25.8 Å². The van der Waals surface area contributed by atoms with Gasteiger partial charge >= 0.3 is 0 Å². The summed E-state index contributed by atoms with van der Waals surface area (Å²) in [6.45, 7) is 4.08. The fourth-order valence-electron chi connectivity index (χ4n) is 3.19. The molecule has 3 N–H and O–H groups in total. The first kappa shape index (κ1) is 20.5. The molecule has 1 aromatic heterocycles. The van der Waals surface area contributed by atoms with Crippen molar-refractivity contribution < 1.29 is 14.3 Å². The van der Waals surface area contributed by atoms with Crippen molar-refractivity contribution in [1.29, 1.82) is 0 Å². The second-order valence-electron chi connectivity index (χ2n) is 6.97. The number of rotatable bonds is 6. The fraction of sp³-hybridized carbons (Fsp3) is 0.400. The van der Waals surface area contributed by atoms with Gasteiger partial charge in [0.1, 0.15) is 30.5 Å². The van der Waals surface area contributed by atoms with Gasteiger partial charge in [0.05, 0.1) is 12.1 Å². The summed E-state index contributed by atoms with van der Waals surface area (Å²) in [7, 11) is 1.87. The van der Waals surface area contributed by atoms with Crippen molar-refractivity contribution in [2.24, 2.45) is 0 Å². The van der Waals surface area contributed by atoms with Crippen molar-refractivity contribution in [3.05, 3.63) is 47.9 Å². The molecule has 3 rings (SSSR count). The van der Waals surface area contributed by atoms with Crippen molar-refractivity contribution in [3.8, 4) is 5.75 Å². The second-order valence-corrected chi connectivity index (χ2v) is 6.97. The van der Waals surface area contributed by atoms with Crippen LogP contribution in [0, 0.1) is 6.92 Å². The zero-order valence-corrected chi connectivity index (χ0v) is 16.7. The van der Waals surface area contributed by atoms with Crippen LogP contribution in [-0.2, 0) is 4.79 Å². The first-order valence-electron chi connectivity index (χ1n) is 9.48. The molecule has 29 heavy (non-hydrogen) atoms. The van der Waals surface area contributed by atoms with Gasteiger partial charge in [0.25, 0.3) is 5.91 Å². The van der Waals surface area contributed by atoms with Crippen molar-refractivity contribution in [3.63, 3.8) is 0 Å². The predicted octanol–water partition coefficient (Wildman–Crippen LogP) is 0.319. The number of benzene rings is 1. The summed E-state index contributed by atoms with van der Waals surface area (Å²) in [6, 6.07) is 7.28. The molecule has 9 heteroatoms. The first-order valence-corrected chi connectivity index (χ1v) is 9.48. The highest BCUT2D eigenvalue weighted by molar-refractivity contribution is 5.98. The molecule has 154 valence electrons. The van der Waals surface area contributed by atoms with E-state index in [0.717, 1.165) is 11.3 Å². The molecular formula is C20H26N6O3. The van der Waals surface area contributed by atoms with Gasteiger partial charge in [-0.05, 0) is 25.6 Å². The molecule has 1 aromatic carbocycles. The Kier molecular flexibility index (Phi) is 6.61. The van der Waals surface area contributed by atoms with E-state index in [4.69, 9.17) is 10.5 Å². The first-order chi connectivity index (χ1) is 14.0. The van der Waals surface area contributed by atoms with Gasteiger partial charge in [0.2, 0.25) is 5.91 Å². The summed E-state index contributed by atoms with van der Waals surface area (Å²) in [4.78, 5) is 36.7. The largest absolute Gasteiger partial charge is 0.491 e. The van der Waals surface area contributed by atoms with Crippen LogP contribution in [0.4, 0.5) is 5.82 Å². The molecule has 2 heterocycles. The zero-order valence-electron chi connectivity index (χ0n) is 16.7. The lowest BCUT2D eigenvalue weighted by atomic mass is 10.1. The molecular weight excluding hydrogens is 372 g/mol. The molecule has 9 nitrogen and oxygen atoms in total. The van der Waals surface area contributed by atoms with Gasteiger partial charge in [-0.2, -0.15) is 0 Å². The van der Waals surface area contributed by atoms with Crippen LogP contribution >= 0.6 is 0 Å². The number of nitrogen functional groups attached to an aromatic ring is 1. The van der Waals surface area contributed by atoms with Crippen LogP contribution in [0.5, 0.6) is 5.75 Å². The number of aromatic nitrogens is 2. The molecule has 0 aliphatic carbocycles. The summed E-state index contributed by atoms with van der Waals surface area (Å²) in [5.41, 5.74) is 7.09. The number of anilines is 1. The van der Waals surface area contributed by atoms with Crippen LogP contribution in [-0.4, -0.2) is 77.5 Å². The second kappa shape index (κ2) is 9.33. The standard InChI is InChI=1S/C20H26N6O3/c1-14-5-3-4-6-17(14)29-10-7-23-19(27)16-12-26(9-8-25(16)2)20(28)15-11-22-13-24-18(15)21/h3-6,11,13,16H,7-10,12H2,1-2H3,(H,23,27)(H2,21,22,24). The highest BCUT2D eigenvalue weighted by Crippen LogP contribution is 2.16. The van der Waals surface area contributed by atoms with Gasteiger partial charge in [-0.15, -0.1) is 0 Å². The minimum atomic E-state index is -0.447. The molecule has 0 saturated carbocycles. The molecule has 1 fully saturated rings. The maximum atomic E-state index is 12.7. The van der Waals surface area contributed by atoms with Crippen LogP contribution in [0.1, 0.15) is 15.9 Å². The number of para-hydroxylation sites is 1. The Morgan fingerprint density at radius 1 is 1.31 bits per heavy atom. The van der Waals surface area contributed by atoms with E-state index >= 15 is 0 Å². The molecule has 2 aromatic rings. The van der Waals surface area contributed by atoms with E-state index in [1.54, 1.807) is 4.90 Å². The Morgan fingerprint density at radius 2 is 2.10 bits per heavy atom. The van der Waals surface area contributed by atoms with E-state index < -0.39 is 6.04 Å². The average molecular weight is 398 g/mol. The summed E-state index contributed by atoms with van der Waals surface area (Å²) in [5, 5.41) is 2.89. The zero-order chi connectivity index (χ0) is 20.8. The number of nitrogens with zero attached hydrogens (tertiary/aromatic N) is 4. The van der Waals surface area contributed by atoms with Crippen molar-refractivity contribution in [1.82, 2.24) is 25.1 Å². The van der Waals surface area contributed by atoms with Gasteiger partial charge in [0.15, 0.2) is 0 Å². The normalized spacial score (nSPS) is 17.0. The number of carbonyl (C=O) groups excluding carboxylic acids is 2. The summed E-state index contributed by atoms with van der Waals surface area (Å²) in [6.07, 6.45) is 2.70. The third-order valence-electron chi connectivity index (χ3n) is 4.96. The Morgan fingerprint density at radius 3 is 2.86 bits per heavy atom. The lowest BCUT2D eigenvalue weighted by molar-refractivity contribution is -0.127. The highest BCUT2D eigenvalue weighted by atomic mass is 16.5. The number of hydrogen-bond acceptors (Lipinski definition) is 7. The monoisotopic (exact) mass is 398 g/mol. The maximum Gasteiger partial charge on any atom is 0.259 e. The SMILES string of the molecule is Cc1ccccc1OCCNC(=O)C1CN(C(=O)c2cncnc2N)CCN1C. The lowest BCUT2D eigenvalue weighted by Crippen LogP contribution is -2.59. The number of amides is 2. The van der Waals surface area contributed by atoms with E-state index in [1.165, 1.54) is 12.5 Å². The van der Waals surface area contributed by atoms with Crippen LogP contribution < -0.4 is 15.8 Å². The van der Waals surface area contributed by atoms with Crippen molar-refractivity contribution >= 4 is 17.6 Å². The quantitative estimate of drug-likeness (QED) is 0.674. The average Bonchev–Trinajstić information content (AvgIpc) is 2.72.